The Kier molecular flexibility index (Phi) is 5.38. The van der Waals surface area contributed by atoms with Crippen LogP contribution in [0.2, 0.25) is 0 Å². The number of sulfonamides is 1. The minimum absolute atomic E-state index is 0.238. The Balaban J connectivity index is 2.15. The van der Waals surface area contributed by atoms with Crippen LogP contribution in [0.4, 0.5) is 4.39 Å². The van der Waals surface area contributed by atoms with Crippen LogP contribution in [0.5, 0.6) is 5.75 Å². The zero-order chi connectivity index (χ0) is 17.0. The van der Waals surface area contributed by atoms with Crippen LogP contribution in [-0.2, 0) is 14.8 Å². The number of benzene rings is 1. The number of halogens is 1. The topological polar surface area (TPSA) is 75.7 Å². The van der Waals surface area contributed by atoms with Gasteiger partial charge >= 0.3 is 0 Å². The number of hydrogen-bond donors (Lipinski definition) is 1. The molecule has 6 nitrogen and oxygen atoms in total. The van der Waals surface area contributed by atoms with Crippen LogP contribution in [0.25, 0.3) is 0 Å². The second-order valence-electron chi connectivity index (χ2n) is 5.25. The molecule has 1 atom stereocenters. The molecule has 1 heterocycles. The van der Waals surface area contributed by atoms with E-state index in [1.54, 1.807) is 0 Å². The van der Waals surface area contributed by atoms with Crippen LogP contribution in [0.15, 0.2) is 35.7 Å². The molecule has 1 aromatic rings. The maximum absolute atomic E-state index is 14.0. The van der Waals surface area contributed by atoms with E-state index in [-0.39, 0.29) is 18.2 Å². The first-order valence-corrected chi connectivity index (χ1v) is 8.63. The van der Waals surface area contributed by atoms with E-state index in [1.165, 1.54) is 24.2 Å². The van der Waals surface area contributed by atoms with E-state index in [4.69, 9.17) is 4.74 Å². The number of carbonyl (C=O) groups excluding carboxylic acids is 1. The third kappa shape index (κ3) is 4.08. The summed E-state index contributed by atoms with van der Waals surface area (Å²) in [6, 6.07) is 3.10. The van der Waals surface area contributed by atoms with Crippen LogP contribution >= 0.6 is 0 Å². The highest BCUT2D eigenvalue weighted by Gasteiger charge is 2.28. The summed E-state index contributed by atoms with van der Waals surface area (Å²) in [7, 11) is -2.65. The minimum atomic E-state index is -4.02. The fraction of sp³-hybridized carbons (Fsp3) is 0.400. The number of ether oxygens (including phenoxy) is 1. The van der Waals surface area contributed by atoms with Crippen molar-refractivity contribution < 1.29 is 22.3 Å². The lowest BCUT2D eigenvalue weighted by atomic mass is 10.1. The van der Waals surface area contributed by atoms with Gasteiger partial charge in [-0.05, 0) is 31.1 Å². The maximum Gasteiger partial charge on any atom is 0.246 e. The molecule has 1 aromatic carbocycles. The molecule has 1 fully saturated rings. The molecule has 0 bridgehead atoms. The Morgan fingerprint density at radius 1 is 1.52 bits per heavy atom. The van der Waals surface area contributed by atoms with Crippen molar-refractivity contribution >= 4 is 15.9 Å². The first-order chi connectivity index (χ1) is 10.9. The SMILES string of the molecule is C=CC(=O)N1CCC[C@H](NS(=O)(=O)c2ccc(OC)cc2F)C1. The Bertz CT molecular complexity index is 705. The molecule has 1 amide bonds. The monoisotopic (exact) mass is 342 g/mol. The van der Waals surface area contributed by atoms with E-state index >= 15 is 0 Å². The summed E-state index contributed by atoms with van der Waals surface area (Å²) in [5.41, 5.74) is 0. The highest BCUT2D eigenvalue weighted by molar-refractivity contribution is 7.89. The Labute approximate surface area is 135 Å². The van der Waals surface area contributed by atoms with Crippen LogP contribution < -0.4 is 9.46 Å². The predicted molar refractivity (Wildman–Crippen MR) is 83.1 cm³/mol. The largest absolute Gasteiger partial charge is 0.497 e. The van der Waals surface area contributed by atoms with Gasteiger partial charge in [0.25, 0.3) is 0 Å². The third-order valence-electron chi connectivity index (χ3n) is 3.66. The van der Waals surface area contributed by atoms with Gasteiger partial charge in [-0.15, -0.1) is 0 Å². The van der Waals surface area contributed by atoms with E-state index in [1.807, 2.05) is 0 Å². The molecule has 0 saturated carbocycles. The molecule has 1 N–H and O–H groups in total. The number of carbonyl (C=O) groups is 1. The molecule has 126 valence electrons. The van der Waals surface area contributed by atoms with Crippen molar-refractivity contribution in [3.8, 4) is 5.75 Å². The molecular formula is C15H19FN2O4S. The number of nitrogens with zero attached hydrogens (tertiary/aromatic N) is 1. The predicted octanol–water partition coefficient (Wildman–Crippen LogP) is 1.29. The van der Waals surface area contributed by atoms with Gasteiger partial charge in [-0.2, -0.15) is 0 Å². The Morgan fingerprint density at radius 3 is 2.87 bits per heavy atom. The molecule has 1 aliphatic heterocycles. The van der Waals surface area contributed by atoms with Gasteiger partial charge in [0.15, 0.2) is 0 Å². The lowest BCUT2D eigenvalue weighted by Crippen LogP contribution is -2.49. The molecule has 0 radical (unpaired) electrons. The van der Waals surface area contributed by atoms with Gasteiger partial charge < -0.3 is 9.64 Å². The van der Waals surface area contributed by atoms with Crippen molar-refractivity contribution in [3.63, 3.8) is 0 Å². The lowest BCUT2D eigenvalue weighted by molar-refractivity contribution is -0.127. The first-order valence-electron chi connectivity index (χ1n) is 7.14. The van der Waals surface area contributed by atoms with E-state index < -0.39 is 26.8 Å². The molecule has 2 rings (SSSR count). The van der Waals surface area contributed by atoms with Crippen molar-refractivity contribution in [1.29, 1.82) is 0 Å². The van der Waals surface area contributed by atoms with Gasteiger partial charge in [0.1, 0.15) is 16.5 Å². The van der Waals surface area contributed by atoms with Gasteiger partial charge in [-0.1, -0.05) is 6.58 Å². The second kappa shape index (κ2) is 7.10. The lowest BCUT2D eigenvalue weighted by Gasteiger charge is -2.32. The Hall–Kier alpha value is -1.93. The molecule has 1 saturated heterocycles. The molecule has 23 heavy (non-hydrogen) atoms. The smallest absolute Gasteiger partial charge is 0.246 e. The summed E-state index contributed by atoms with van der Waals surface area (Å²) < 4.78 is 46.0. The fourth-order valence-electron chi connectivity index (χ4n) is 2.51. The normalized spacial score (nSPS) is 18.5. The number of likely N-dealkylation sites (tertiary alicyclic amines) is 1. The highest BCUT2D eigenvalue weighted by atomic mass is 32.2. The van der Waals surface area contributed by atoms with E-state index in [0.717, 1.165) is 12.1 Å². The quantitative estimate of drug-likeness (QED) is 0.818. The standard InChI is InChI=1S/C15H19FN2O4S/c1-3-15(19)18-8-4-5-11(10-18)17-23(20,21)14-7-6-12(22-2)9-13(14)16/h3,6-7,9,11,17H,1,4-5,8,10H2,2H3/t11-/m0/s1. The summed E-state index contributed by atoms with van der Waals surface area (Å²) in [5, 5.41) is 0. The van der Waals surface area contributed by atoms with Crippen LogP contribution in [-0.4, -0.2) is 45.5 Å². The maximum atomic E-state index is 14.0. The molecule has 0 aromatic heterocycles. The third-order valence-corrected chi connectivity index (χ3v) is 5.21. The number of amides is 1. The number of hydrogen-bond acceptors (Lipinski definition) is 4. The molecule has 0 aliphatic carbocycles. The summed E-state index contributed by atoms with van der Waals surface area (Å²) in [4.78, 5) is 12.7. The molecule has 8 heteroatoms. The Morgan fingerprint density at radius 2 is 2.26 bits per heavy atom. The van der Waals surface area contributed by atoms with Crippen molar-refractivity contribution in [2.75, 3.05) is 20.2 Å². The van der Waals surface area contributed by atoms with Gasteiger partial charge in [-0.3, -0.25) is 4.79 Å². The zero-order valence-electron chi connectivity index (χ0n) is 12.8. The first kappa shape index (κ1) is 17.4. The van der Waals surface area contributed by atoms with Crippen molar-refractivity contribution in [3.05, 3.63) is 36.7 Å². The summed E-state index contributed by atoms with van der Waals surface area (Å²) in [6.07, 6.45) is 2.44. The van der Waals surface area contributed by atoms with E-state index in [0.29, 0.717) is 19.4 Å². The summed E-state index contributed by atoms with van der Waals surface area (Å²) >= 11 is 0. The number of methoxy groups -OCH3 is 1. The van der Waals surface area contributed by atoms with E-state index in [9.17, 15) is 17.6 Å². The van der Waals surface area contributed by atoms with Gasteiger partial charge in [0.2, 0.25) is 15.9 Å². The minimum Gasteiger partial charge on any atom is -0.497 e. The number of rotatable bonds is 5. The van der Waals surface area contributed by atoms with Crippen LogP contribution in [0.3, 0.4) is 0 Å². The van der Waals surface area contributed by atoms with Crippen molar-refractivity contribution in [1.82, 2.24) is 9.62 Å². The average Bonchev–Trinajstić information content (AvgIpc) is 2.53. The molecule has 0 spiro atoms. The molecule has 0 unspecified atom stereocenters. The van der Waals surface area contributed by atoms with Crippen LogP contribution in [0.1, 0.15) is 12.8 Å². The second-order valence-corrected chi connectivity index (χ2v) is 6.93. The van der Waals surface area contributed by atoms with E-state index in [2.05, 4.69) is 11.3 Å². The van der Waals surface area contributed by atoms with Crippen molar-refractivity contribution in [2.24, 2.45) is 0 Å². The summed E-state index contributed by atoms with van der Waals surface area (Å²) in [5.74, 6) is -0.891. The highest BCUT2D eigenvalue weighted by Crippen LogP contribution is 2.21. The summed E-state index contributed by atoms with van der Waals surface area (Å²) in [6.45, 7) is 4.21. The van der Waals surface area contributed by atoms with Crippen LogP contribution in [0, 0.1) is 5.82 Å². The average molecular weight is 342 g/mol. The molecule has 1 aliphatic rings. The van der Waals surface area contributed by atoms with Gasteiger partial charge in [-0.25, -0.2) is 17.5 Å². The van der Waals surface area contributed by atoms with Crippen molar-refractivity contribution in [2.45, 2.75) is 23.8 Å². The zero-order valence-corrected chi connectivity index (χ0v) is 13.6. The molecular weight excluding hydrogens is 323 g/mol. The number of nitrogens with one attached hydrogen (secondary N) is 1. The van der Waals surface area contributed by atoms with Gasteiger partial charge in [0, 0.05) is 25.2 Å². The fourth-order valence-corrected chi connectivity index (χ4v) is 3.83. The van der Waals surface area contributed by atoms with Gasteiger partial charge in [0.05, 0.1) is 7.11 Å². The number of piperidine rings is 1.